The van der Waals surface area contributed by atoms with Crippen molar-refractivity contribution in [3.63, 3.8) is 0 Å². The Morgan fingerprint density at radius 3 is 2.77 bits per heavy atom. The lowest BCUT2D eigenvalue weighted by atomic mass is 9.74. The SMILES string of the molecule is O=C(NCC1(c2ccccc2)CCOCC1)Nc1ccc2ncsc2c1. The van der Waals surface area contributed by atoms with Gasteiger partial charge in [0.1, 0.15) is 0 Å². The number of fused-ring (bicyclic) bond motifs is 1. The molecule has 1 aliphatic rings. The predicted molar refractivity (Wildman–Crippen MR) is 105 cm³/mol. The largest absolute Gasteiger partial charge is 0.381 e. The van der Waals surface area contributed by atoms with E-state index in [0.717, 1.165) is 42.0 Å². The molecule has 134 valence electrons. The molecule has 2 amide bonds. The van der Waals surface area contributed by atoms with Crippen LogP contribution in [0.4, 0.5) is 10.5 Å². The Kier molecular flexibility index (Phi) is 4.86. The van der Waals surface area contributed by atoms with Crippen molar-refractivity contribution in [1.82, 2.24) is 10.3 Å². The average Bonchev–Trinajstić information content (AvgIpc) is 3.16. The van der Waals surface area contributed by atoms with Crippen LogP contribution in [0.2, 0.25) is 0 Å². The minimum Gasteiger partial charge on any atom is -0.381 e. The second kappa shape index (κ2) is 7.43. The van der Waals surface area contributed by atoms with Gasteiger partial charge in [-0.1, -0.05) is 30.3 Å². The number of ether oxygens (including phenoxy) is 1. The first-order valence-electron chi connectivity index (χ1n) is 8.77. The molecule has 0 atom stereocenters. The molecule has 0 unspecified atom stereocenters. The van der Waals surface area contributed by atoms with Crippen LogP contribution in [0.1, 0.15) is 18.4 Å². The second-order valence-corrected chi connectivity index (χ2v) is 7.49. The zero-order valence-corrected chi connectivity index (χ0v) is 15.2. The summed E-state index contributed by atoms with van der Waals surface area (Å²) >= 11 is 1.56. The van der Waals surface area contributed by atoms with Gasteiger partial charge in [0.2, 0.25) is 0 Å². The van der Waals surface area contributed by atoms with Crippen LogP contribution >= 0.6 is 11.3 Å². The third-order valence-corrected chi connectivity index (χ3v) is 5.80. The van der Waals surface area contributed by atoms with Crippen molar-refractivity contribution in [3.8, 4) is 0 Å². The van der Waals surface area contributed by atoms with Gasteiger partial charge in [0.25, 0.3) is 0 Å². The zero-order chi connectivity index (χ0) is 17.8. The van der Waals surface area contributed by atoms with E-state index in [4.69, 9.17) is 4.74 Å². The number of hydrogen-bond donors (Lipinski definition) is 2. The molecule has 0 spiro atoms. The number of hydrogen-bond acceptors (Lipinski definition) is 4. The van der Waals surface area contributed by atoms with E-state index in [1.807, 2.05) is 29.8 Å². The van der Waals surface area contributed by atoms with E-state index < -0.39 is 0 Å². The molecule has 6 heteroatoms. The van der Waals surface area contributed by atoms with Gasteiger partial charge in [0.15, 0.2) is 0 Å². The monoisotopic (exact) mass is 367 g/mol. The van der Waals surface area contributed by atoms with Gasteiger partial charge >= 0.3 is 6.03 Å². The van der Waals surface area contributed by atoms with Crippen molar-refractivity contribution >= 4 is 33.3 Å². The molecule has 0 aliphatic carbocycles. The van der Waals surface area contributed by atoms with Crippen molar-refractivity contribution in [1.29, 1.82) is 0 Å². The molecule has 1 aromatic heterocycles. The van der Waals surface area contributed by atoms with Crippen LogP contribution in [0.5, 0.6) is 0 Å². The van der Waals surface area contributed by atoms with Crippen LogP contribution in [-0.4, -0.2) is 30.8 Å². The molecular weight excluding hydrogens is 346 g/mol. The van der Waals surface area contributed by atoms with E-state index in [1.165, 1.54) is 5.56 Å². The quantitative estimate of drug-likeness (QED) is 0.728. The maximum absolute atomic E-state index is 12.4. The van der Waals surface area contributed by atoms with Gasteiger partial charge in [0.05, 0.1) is 15.7 Å². The number of thiazole rings is 1. The Labute approximate surface area is 156 Å². The van der Waals surface area contributed by atoms with E-state index in [9.17, 15) is 4.79 Å². The lowest BCUT2D eigenvalue weighted by molar-refractivity contribution is 0.0508. The van der Waals surface area contributed by atoms with E-state index in [1.54, 1.807) is 11.3 Å². The molecule has 0 bridgehead atoms. The predicted octanol–water partition coefficient (Wildman–Crippen LogP) is 4.17. The maximum Gasteiger partial charge on any atom is 0.319 e. The number of nitrogens with zero attached hydrogens (tertiary/aromatic N) is 1. The summed E-state index contributed by atoms with van der Waals surface area (Å²) in [7, 11) is 0. The van der Waals surface area contributed by atoms with Crippen molar-refractivity contribution in [2.75, 3.05) is 25.1 Å². The molecule has 3 aromatic rings. The Balaban J connectivity index is 1.44. The number of nitrogens with one attached hydrogen (secondary N) is 2. The molecule has 26 heavy (non-hydrogen) atoms. The lowest BCUT2D eigenvalue weighted by Crippen LogP contribution is -2.45. The van der Waals surface area contributed by atoms with Gasteiger partial charge in [0, 0.05) is 30.9 Å². The van der Waals surface area contributed by atoms with Gasteiger partial charge in [-0.2, -0.15) is 0 Å². The summed E-state index contributed by atoms with van der Waals surface area (Å²) in [5, 5.41) is 5.99. The molecule has 2 heterocycles. The summed E-state index contributed by atoms with van der Waals surface area (Å²) in [4.78, 5) is 16.7. The number of urea groups is 1. The number of anilines is 1. The van der Waals surface area contributed by atoms with Crippen molar-refractivity contribution in [2.45, 2.75) is 18.3 Å². The minimum absolute atomic E-state index is 0.0710. The smallest absolute Gasteiger partial charge is 0.319 e. The van der Waals surface area contributed by atoms with Crippen molar-refractivity contribution in [2.24, 2.45) is 0 Å². The molecule has 0 saturated carbocycles. The Morgan fingerprint density at radius 2 is 1.96 bits per heavy atom. The van der Waals surface area contributed by atoms with Gasteiger partial charge < -0.3 is 15.4 Å². The van der Waals surface area contributed by atoms with E-state index in [-0.39, 0.29) is 11.4 Å². The summed E-state index contributed by atoms with van der Waals surface area (Å²) in [5.74, 6) is 0. The number of benzene rings is 2. The molecule has 1 fully saturated rings. The maximum atomic E-state index is 12.4. The normalized spacial score (nSPS) is 16.3. The topological polar surface area (TPSA) is 63.2 Å². The van der Waals surface area contributed by atoms with Gasteiger partial charge in [-0.05, 0) is 36.6 Å². The van der Waals surface area contributed by atoms with Gasteiger partial charge in [-0.3, -0.25) is 0 Å². The van der Waals surface area contributed by atoms with Crippen molar-refractivity contribution < 1.29 is 9.53 Å². The summed E-state index contributed by atoms with van der Waals surface area (Å²) in [6, 6.07) is 16.0. The second-order valence-electron chi connectivity index (χ2n) is 6.60. The number of amides is 2. The fourth-order valence-corrected chi connectivity index (χ4v) is 4.20. The standard InChI is InChI=1S/C20H21N3O2S/c24-19(23-16-6-7-17-18(12-16)26-14-22-17)21-13-20(8-10-25-11-9-20)15-4-2-1-3-5-15/h1-7,12,14H,8-11,13H2,(H2,21,23,24). The first kappa shape index (κ1) is 17.0. The minimum atomic E-state index is -0.185. The van der Waals surface area contributed by atoms with Crippen LogP contribution in [0.15, 0.2) is 54.0 Å². The zero-order valence-electron chi connectivity index (χ0n) is 14.4. The molecule has 2 N–H and O–H groups in total. The summed E-state index contributed by atoms with van der Waals surface area (Å²) in [6.45, 7) is 2.04. The van der Waals surface area contributed by atoms with Gasteiger partial charge in [-0.25, -0.2) is 9.78 Å². The van der Waals surface area contributed by atoms with Crippen LogP contribution in [0.3, 0.4) is 0 Å². The molecule has 5 nitrogen and oxygen atoms in total. The summed E-state index contributed by atoms with van der Waals surface area (Å²) in [5.41, 5.74) is 4.72. The summed E-state index contributed by atoms with van der Waals surface area (Å²) in [6.07, 6.45) is 1.81. The third-order valence-electron chi connectivity index (χ3n) is 5.01. The number of carbonyl (C=O) groups excluding carboxylic acids is 1. The molecule has 2 aromatic carbocycles. The molecular formula is C20H21N3O2S. The van der Waals surface area contributed by atoms with E-state index >= 15 is 0 Å². The Hall–Kier alpha value is -2.44. The van der Waals surface area contributed by atoms with Crippen molar-refractivity contribution in [3.05, 3.63) is 59.6 Å². The van der Waals surface area contributed by atoms with Crippen LogP contribution in [0.25, 0.3) is 10.2 Å². The molecule has 0 radical (unpaired) electrons. The highest BCUT2D eigenvalue weighted by atomic mass is 32.1. The molecule has 4 rings (SSSR count). The highest BCUT2D eigenvalue weighted by Crippen LogP contribution is 2.34. The van der Waals surface area contributed by atoms with Crippen LogP contribution in [-0.2, 0) is 10.2 Å². The highest BCUT2D eigenvalue weighted by molar-refractivity contribution is 7.16. The molecule has 1 aliphatic heterocycles. The fourth-order valence-electron chi connectivity index (χ4n) is 3.48. The van der Waals surface area contributed by atoms with E-state index in [2.05, 4.69) is 39.9 Å². The number of rotatable bonds is 4. The van der Waals surface area contributed by atoms with Crippen LogP contribution in [0, 0.1) is 0 Å². The number of carbonyl (C=O) groups is 1. The first-order chi connectivity index (χ1) is 12.8. The third kappa shape index (κ3) is 3.57. The van der Waals surface area contributed by atoms with Gasteiger partial charge in [-0.15, -0.1) is 11.3 Å². The Bertz CT molecular complexity index is 888. The lowest BCUT2D eigenvalue weighted by Gasteiger charge is -2.38. The highest BCUT2D eigenvalue weighted by Gasteiger charge is 2.34. The molecule has 1 saturated heterocycles. The average molecular weight is 367 g/mol. The van der Waals surface area contributed by atoms with E-state index in [0.29, 0.717) is 6.54 Å². The van der Waals surface area contributed by atoms with Crippen LogP contribution < -0.4 is 10.6 Å². The summed E-state index contributed by atoms with van der Waals surface area (Å²) < 4.78 is 6.61. The fraction of sp³-hybridized carbons (Fsp3) is 0.300. The Morgan fingerprint density at radius 1 is 1.15 bits per heavy atom. The number of aromatic nitrogens is 1. The first-order valence-corrected chi connectivity index (χ1v) is 9.65.